The maximum atomic E-state index is 4.12. The third-order valence-electron chi connectivity index (χ3n) is 1.60. The van der Waals surface area contributed by atoms with Crippen LogP contribution in [0.1, 0.15) is 26.5 Å². The van der Waals surface area contributed by atoms with Gasteiger partial charge in [-0.1, -0.05) is 20.8 Å². The molecule has 72 valence electrons. The van der Waals surface area contributed by atoms with Gasteiger partial charge in [-0.15, -0.1) is 0 Å². The summed E-state index contributed by atoms with van der Waals surface area (Å²) in [5.41, 5.74) is 1.37. The number of hydrogen-bond donors (Lipinski definition) is 1. The van der Waals surface area contributed by atoms with E-state index in [0.717, 1.165) is 18.8 Å². The van der Waals surface area contributed by atoms with Gasteiger partial charge in [0.15, 0.2) is 0 Å². The summed E-state index contributed by atoms with van der Waals surface area (Å²) in [5.74, 6) is 0. The Hall–Kier alpha value is -0.960. The molecule has 0 bridgehead atoms. The molecule has 0 saturated heterocycles. The van der Waals surface area contributed by atoms with Crippen LogP contribution in [0.3, 0.4) is 0 Å². The van der Waals surface area contributed by atoms with Crippen LogP contribution in [0.4, 0.5) is 0 Å². The first-order valence-electron chi connectivity index (χ1n) is 4.53. The van der Waals surface area contributed by atoms with Gasteiger partial charge in [0.2, 0.25) is 0 Å². The van der Waals surface area contributed by atoms with Gasteiger partial charge in [0.1, 0.15) is 6.33 Å². The van der Waals surface area contributed by atoms with E-state index in [1.165, 1.54) is 0 Å². The van der Waals surface area contributed by atoms with Gasteiger partial charge in [-0.3, -0.25) is 0 Å². The van der Waals surface area contributed by atoms with E-state index in [1.54, 1.807) is 12.5 Å². The minimum absolute atomic E-state index is 0.326. The van der Waals surface area contributed by atoms with E-state index < -0.39 is 0 Å². The van der Waals surface area contributed by atoms with Crippen molar-refractivity contribution >= 4 is 0 Å². The van der Waals surface area contributed by atoms with Crippen LogP contribution in [0, 0.1) is 5.41 Å². The first kappa shape index (κ1) is 10.1. The quantitative estimate of drug-likeness (QED) is 0.766. The second kappa shape index (κ2) is 4.33. The average molecular weight is 179 g/mol. The fraction of sp³-hybridized carbons (Fsp3) is 0.600. The fourth-order valence-electron chi connectivity index (χ4n) is 0.988. The van der Waals surface area contributed by atoms with Crippen LogP contribution in [0.2, 0.25) is 0 Å². The van der Waals surface area contributed by atoms with Gasteiger partial charge in [-0.2, -0.15) is 0 Å². The van der Waals surface area contributed by atoms with Gasteiger partial charge in [-0.25, -0.2) is 9.97 Å². The van der Waals surface area contributed by atoms with Gasteiger partial charge in [0, 0.05) is 19.3 Å². The zero-order valence-corrected chi connectivity index (χ0v) is 8.54. The van der Waals surface area contributed by atoms with Gasteiger partial charge in [-0.05, 0) is 11.5 Å². The van der Waals surface area contributed by atoms with Crippen LogP contribution in [0.25, 0.3) is 0 Å². The molecule has 1 rings (SSSR count). The highest BCUT2D eigenvalue weighted by atomic mass is 14.9. The van der Waals surface area contributed by atoms with Crippen molar-refractivity contribution in [2.45, 2.75) is 27.3 Å². The van der Waals surface area contributed by atoms with Gasteiger partial charge in [0.25, 0.3) is 0 Å². The molecular formula is C10H17N3. The molecule has 0 spiro atoms. The van der Waals surface area contributed by atoms with Crippen molar-refractivity contribution in [1.29, 1.82) is 0 Å². The molecule has 13 heavy (non-hydrogen) atoms. The van der Waals surface area contributed by atoms with Crippen molar-refractivity contribution in [1.82, 2.24) is 15.3 Å². The third-order valence-corrected chi connectivity index (χ3v) is 1.60. The van der Waals surface area contributed by atoms with Gasteiger partial charge in [0.05, 0.1) is 5.69 Å². The summed E-state index contributed by atoms with van der Waals surface area (Å²) in [6.07, 6.45) is 3.34. The molecule has 3 nitrogen and oxygen atoms in total. The highest BCUT2D eigenvalue weighted by molar-refractivity contribution is 4.96. The molecule has 0 atom stereocenters. The molecule has 0 amide bonds. The molecule has 0 aliphatic carbocycles. The molecular weight excluding hydrogens is 162 g/mol. The summed E-state index contributed by atoms with van der Waals surface area (Å²) >= 11 is 0. The molecule has 1 N–H and O–H groups in total. The molecule has 0 saturated carbocycles. The Balaban J connectivity index is 2.29. The maximum Gasteiger partial charge on any atom is 0.115 e. The molecule has 3 heteroatoms. The Morgan fingerprint density at radius 1 is 1.38 bits per heavy atom. The standard InChI is InChI=1S/C10H17N3/c1-10(2,3)7-12-6-9-4-5-11-8-13-9/h4-5,8,12H,6-7H2,1-3H3. The minimum Gasteiger partial charge on any atom is -0.311 e. The lowest BCUT2D eigenvalue weighted by Gasteiger charge is -2.18. The number of hydrogen-bond acceptors (Lipinski definition) is 3. The normalized spacial score (nSPS) is 11.6. The van der Waals surface area contributed by atoms with E-state index in [1.807, 2.05) is 6.07 Å². The van der Waals surface area contributed by atoms with Crippen LogP contribution in [0.15, 0.2) is 18.6 Å². The molecule has 0 aromatic carbocycles. The Morgan fingerprint density at radius 3 is 2.69 bits per heavy atom. The van der Waals surface area contributed by atoms with Crippen LogP contribution >= 0.6 is 0 Å². The molecule has 0 aliphatic rings. The lowest BCUT2D eigenvalue weighted by atomic mass is 9.97. The maximum absolute atomic E-state index is 4.12. The SMILES string of the molecule is CC(C)(C)CNCc1ccncn1. The van der Waals surface area contributed by atoms with Crippen LogP contribution < -0.4 is 5.32 Å². The average Bonchev–Trinajstić information content (AvgIpc) is 2.04. The van der Waals surface area contributed by atoms with Crippen LogP contribution in [-0.2, 0) is 6.54 Å². The molecule has 0 aliphatic heterocycles. The van der Waals surface area contributed by atoms with Crippen molar-refractivity contribution in [2.24, 2.45) is 5.41 Å². The summed E-state index contributed by atoms with van der Waals surface area (Å²) in [6, 6.07) is 1.93. The van der Waals surface area contributed by atoms with Gasteiger partial charge >= 0.3 is 0 Å². The Labute approximate surface area is 79.6 Å². The highest BCUT2D eigenvalue weighted by Gasteiger charge is 2.08. The Morgan fingerprint density at radius 2 is 2.15 bits per heavy atom. The van der Waals surface area contributed by atoms with E-state index in [-0.39, 0.29) is 0 Å². The summed E-state index contributed by atoms with van der Waals surface area (Å²) in [7, 11) is 0. The molecule has 0 radical (unpaired) electrons. The van der Waals surface area contributed by atoms with Crippen molar-refractivity contribution in [3.63, 3.8) is 0 Å². The first-order chi connectivity index (χ1) is 6.08. The highest BCUT2D eigenvalue weighted by Crippen LogP contribution is 2.10. The monoisotopic (exact) mass is 179 g/mol. The lowest BCUT2D eigenvalue weighted by molar-refractivity contribution is 0.378. The fourth-order valence-corrected chi connectivity index (χ4v) is 0.988. The predicted molar refractivity (Wildman–Crippen MR) is 53.2 cm³/mol. The van der Waals surface area contributed by atoms with Crippen molar-refractivity contribution in [3.8, 4) is 0 Å². The van der Waals surface area contributed by atoms with E-state index in [0.29, 0.717) is 5.41 Å². The summed E-state index contributed by atoms with van der Waals surface area (Å²) in [4.78, 5) is 7.99. The van der Waals surface area contributed by atoms with E-state index in [4.69, 9.17) is 0 Å². The Bertz CT molecular complexity index is 238. The molecule has 1 aromatic rings. The topological polar surface area (TPSA) is 37.8 Å². The van der Waals surface area contributed by atoms with Crippen LogP contribution in [-0.4, -0.2) is 16.5 Å². The van der Waals surface area contributed by atoms with Crippen LogP contribution in [0.5, 0.6) is 0 Å². The minimum atomic E-state index is 0.326. The Kier molecular flexibility index (Phi) is 3.37. The first-order valence-corrected chi connectivity index (χ1v) is 4.53. The molecule has 0 unspecified atom stereocenters. The summed E-state index contributed by atoms with van der Waals surface area (Å²) in [6.45, 7) is 8.44. The summed E-state index contributed by atoms with van der Waals surface area (Å²) in [5, 5.41) is 3.35. The third kappa shape index (κ3) is 4.58. The predicted octanol–water partition coefficient (Wildman–Crippen LogP) is 1.61. The smallest absolute Gasteiger partial charge is 0.115 e. The summed E-state index contributed by atoms with van der Waals surface area (Å²) < 4.78 is 0. The van der Waals surface area contributed by atoms with E-state index in [9.17, 15) is 0 Å². The second-order valence-electron chi connectivity index (χ2n) is 4.36. The number of nitrogens with zero attached hydrogens (tertiary/aromatic N) is 2. The van der Waals surface area contributed by atoms with Crippen molar-refractivity contribution in [2.75, 3.05) is 6.54 Å². The van der Waals surface area contributed by atoms with Gasteiger partial charge < -0.3 is 5.32 Å². The zero-order chi connectivity index (χ0) is 9.73. The molecule has 1 aromatic heterocycles. The lowest BCUT2D eigenvalue weighted by Crippen LogP contribution is -2.26. The van der Waals surface area contributed by atoms with E-state index in [2.05, 4.69) is 36.1 Å². The number of nitrogens with one attached hydrogen (secondary N) is 1. The molecule has 1 heterocycles. The zero-order valence-electron chi connectivity index (χ0n) is 8.54. The van der Waals surface area contributed by atoms with E-state index >= 15 is 0 Å². The number of aromatic nitrogens is 2. The van der Waals surface area contributed by atoms with Crippen molar-refractivity contribution < 1.29 is 0 Å². The second-order valence-corrected chi connectivity index (χ2v) is 4.36. The number of rotatable bonds is 3. The van der Waals surface area contributed by atoms with Crippen molar-refractivity contribution in [3.05, 3.63) is 24.3 Å². The molecule has 0 fully saturated rings. The largest absolute Gasteiger partial charge is 0.311 e.